The van der Waals surface area contributed by atoms with E-state index in [2.05, 4.69) is 20.7 Å². The molecular formula is C21H20N4O4. The maximum absolute atomic E-state index is 12.3. The highest BCUT2D eigenvalue weighted by atomic mass is 16.6. The lowest BCUT2D eigenvalue weighted by molar-refractivity contribution is -0.132. The summed E-state index contributed by atoms with van der Waals surface area (Å²) >= 11 is 0. The molecule has 0 saturated heterocycles. The van der Waals surface area contributed by atoms with Gasteiger partial charge >= 0.3 is 5.97 Å². The summed E-state index contributed by atoms with van der Waals surface area (Å²) in [6, 6.07) is 14.4. The maximum Gasteiger partial charge on any atom is 0.308 e. The molecular weight excluding hydrogens is 372 g/mol. The minimum atomic E-state index is -0.443. The van der Waals surface area contributed by atoms with Gasteiger partial charge in [-0.15, -0.1) is 0 Å². The normalized spacial score (nSPS) is 10.7. The molecule has 0 aliphatic carbocycles. The summed E-state index contributed by atoms with van der Waals surface area (Å²) in [4.78, 5) is 23.3. The first-order chi connectivity index (χ1) is 14.0. The van der Waals surface area contributed by atoms with Crippen molar-refractivity contribution in [2.75, 3.05) is 7.11 Å². The van der Waals surface area contributed by atoms with E-state index in [9.17, 15) is 9.59 Å². The van der Waals surface area contributed by atoms with Crippen molar-refractivity contribution in [2.45, 2.75) is 13.8 Å². The Kier molecular flexibility index (Phi) is 6.03. The number of H-pyrrole nitrogens is 1. The Balaban J connectivity index is 1.65. The fraction of sp³-hybridized carbons (Fsp3) is 0.143. The molecule has 0 atom stereocenters. The number of methoxy groups -OCH3 is 1. The van der Waals surface area contributed by atoms with E-state index >= 15 is 0 Å². The van der Waals surface area contributed by atoms with Crippen molar-refractivity contribution in [1.82, 2.24) is 15.6 Å². The van der Waals surface area contributed by atoms with Gasteiger partial charge in [-0.3, -0.25) is 14.7 Å². The average Bonchev–Trinajstić information content (AvgIpc) is 3.19. The van der Waals surface area contributed by atoms with Gasteiger partial charge in [-0.05, 0) is 36.8 Å². The SMILES string of the molecule is COc1cc(C=NNC(=O)c2cc(-c3ccc(C)cc3)n[nH]2)ccc1OC(C)=O. The topological polar surface area (TPSA) is 106 Å². The van der Waals surface area contributed by atoms with E-state index in [-0.39, 0.29) is 0 Å². The second kappa shape index (κ2) is 8.83. The highest BCUT2D eigenvalue weighted by Gasteiger charge is 2.11. The molecule has 0 bridgehead atoms. The maximum atomic E-state index is 12.3. The van der Waals surface area contributed by atoms with Gasteiger partial charge in [0.2, 0.25) is 0 Å². The summed E-state index contributed by atoms with van der Waals surface area (Å²) in [6.45, 7) is 3.31. The van der Waals surface area contributed by atoms with E-state index in [1.165, 1.54) is 20.2 Å². The summed E-state index contributed by atoms with van der Waals surface area (Å²) in [5.74, 6) is -0.175. The van der Waals surface area contributed by atoms with E-state index in [0.29, 0.717) is 28.5 Å². The van der Waals surface area contributed by atoms with Crippen molar-refractivity contribution in [1.29, 1.82) is 0 Å². The molecule has 3 aromatic rings. The number of nitrogens with zero attached hydrogens (tertiary/aromatic N) is 2. The molecule has 0 spiro atoms. The molecule has 2 N–H and O–H groups in total. The first kappa shape index (κ1) is 19.8. The third-order valence-corrected chi connectivity index (χ3v) is 3.99. The lowest BCUT2D eigenvalue weighted by Gasteiger charge is -2.08. The Hall–Kier alpha value is -3.94. The summed E-state index contributed by atoms with van der Waals surface area (Å²) in [5.41, 5.74) is 6.12. The zero-order valence-corrected chi connectivity index (χ0v) is 16.2. The fourth-order valence-electron chi connectivity index (χ4n) is 2.54. The zero-order valence-electron chi connectivity index (χ0n) is 16.2. The Bertz CT molecular complexity index is 1050. The molecule has 148 valence electrons. The minimum absolute atomic E-state index is 0.292. The van der Waals surface area contributed by atoms with Crippen LogP contribution in [0.1, 0.15) is 28.5 Å². The zero-order chi connectivity index (χ0) is 20.8. The van der Waals surface area contributed by atoms with Crippen LogP contribution in [0.5, 0.6) is 11.5 Å². The van der Waals surface area contributed by atoms with Crippen molar-refractivity contribution < 1.29 is 19.1 Å². The Morgan fingerprint density at radius 3 is 2.55 bits per heavy atom. The van der Waals surface area contributed by atoms with Gasteiger partial charge < -0.3 is 9.47 Å². The molecule has 0 aliphatic rings. The molecule has 3 rings (SSSR count). The monoisotopic (exact) mass is 392 g/mol. The molecule has 0 saturated carbocycles. The van der Waals surface area contributed by atoms with E-state index in [4.69, 9.17) is 9.47 Å². The number of amides is 1. The summed E-state index contributed by atoms with van der Waals surface area (Å²) in [5, 5.41) is 10.8. The van der Waals surface area contributed by atoms with Crippen molar-refractivity contribution in [3.63, 3.8) is 0 Å². The van der Waals surface area contributed by atoms with Crippen molar-refractivity contribution in [3.05, 3.63) is 65.4 Å². The smallest absolute Gasteiger partial charge is 0.308 e. The number of carbonyl (C=O) groups is 2. The van der Waals surface area contributed by atoms with Gasteiger partial charge in [0.15, 0.2) is 11.5 Å². The number of rotatable bonds is 6. The van der Waals surface area contributed by atoms with Crippen molar-refractivity contribution >= 4 is 18.1 Å². The van der Waals surface area contributed by atoms with E-state index in [1.807, 2.05) is 31.2 Å². The first-order valence-electron chi connectivity index (χ1n) is 8.78. The molecule has 2 aromatic carbocycles. The minimum Gasteiger partial charge on any atom is -0.493 e. The number of hydrazone groups is 1. The standard InChI is InChI=1S/C21H20N4O4/c1-13-4-7-16(8-5-13)17-11-18(24-23-17)21(27)25-22-12-15-6-9-19(29-14(2)26)20(10-15)28-3/h4-12H,1-3H3,(H,23,24)(H,25,27). The molecule has 0 radical (unpaired) electrons. The first-order valence-corrected chi connectivity index (χ1v) is 8.78. The van der Waals surface area contributed by atoms with Crippen LogP contribution in [0.25, 0.3) is 11.3 Å². The third-order valence-electron chi connectivity index (χ3n) is 3.99. The summed E-state index contributed by atoms with van der Waals surface area (Å²) in [7, 11) is 1.47. The number of carbonyl (C=O) groups excluding carboxylic acids is 2. The number of hydrogen-bond acceptors (Lipinski definition) is 6. The highest BCUT2D eigenvalue weighted by molar-refractivity contribution is 5.94. The summed E-state index contributed by atoms with van der Waals surface area (Å²) in [6.07, 6.45) is 1.45. The Labute approximate surface area is 167 Å². The van der Waals surface area contributed by atoms with Gasteiger partial charge in [0.25, 0.3) is 5.91 Å². The largest absolute Gasteiger partial charge is 0.493 e. The Morgan fingerprint density at radius 1 is 1.10 bits per heavy atom. The van der Waals surface area contributed by atoms with Crippen LogP contribution in [-0.4, -0.2) is 35.4 Å². The van der Waals surface area contributed by atoms with Gasteiger partial charge in [-0.2, -0.15) is 10.2 Å². The highest BCUT2D eigenvalue weighted by Crippen LogP contribution is 2.27. The number of esters is 1. The van der Waals surface area contributed by atoms with E-state index in [1.54, 1.807) is 24.3 Å². The molecule has 1 aromatic heterocycles. The Morgan fingerprint density at radius 2 is 1.86 bits per heavy atom. The third kappa shape index (κ3) is 5.07. The molecule has 8 nitrogen and oxygen atoms in total. The van der Waals surface area contributed by atoms with E-state index < -0.39 is 11.9 Å². The van der Waals surface area contributed by atoms with Crippen molar-refractivity contribution in [2.24, 2.45) is 5.10 Å². The number of aromatic amines is 1. The molecule has 1 amide bonds. The number of aryl methyl sites for hydroxylation is 1. The van der Waals surface area contributed by atoms with Crippen molar-refractivity contribution in [3.8, 4) is 22.8 Å². The van der Waals surface area contributed by atoms with Gasteiger partial charge in [0.1, 0.15) is 5.69 Å². The van der Waals surface area contributed by atoms with Crippen LogP contribution < -0.4 is 14.9 Å². The van der Waals surface area contributed by atoms with Crippen LogP contribution in [0.4, 0.5) is 0 Å². The lowest BCUT2D eigenvalue weighted by atomic mass is 10.1. The van der Waals surface area contributed by atoms with Gasteiger partial charge in [-0.25, -0.2) is 5.43 Å². The second-order valence-electron chi connectivity index (χ2n) is 6.24. The number of ether oxygens (including phenoxy) is 2. The summed E-state index contributed by atoms with van der Waals surface area (Å²) < 4.78 is 10.2. The number of aromatic nitrogens is 2. The quantitative estimate of drug-likeness (QED) is 0.290. The molecule has 0 fully saturated rings. The predicted molar refractivity (Wildman–Crippen MR) is 108 cm³/mol. The molecule has 0 unspecified atom stereocenters. The van der Waals surface area contributed by atoms with Crippen LogP contribution >= 0.6 is 0 Å². The van der Waals surface area contributed by atoms with E-state index in [0.717, 1.165) is 11.1 Å². The average molecular weight is 392 g/mol. The van der Waals surface area contributed by atoms with Gasteiger partial charge in [-0.1, -0.05) is 29.8 Å². The lowest BCUT2D eigenvalue weighted by Crippen LogP contribution is -2.18. The number of nitrogens with one attached hydrogen (secondary N) is 2. The van der Waals surface area contributed by atoms with Crippen LogP contribution in [0.15, 0.2) is 53.6 Å². The molecule has 29 heavy (non-hydrogen) atoms. The van der Waals surface area contributed by atoms with Gasteiger partial charge in [0, 0.05) is 12.5 Å². The fourth-order valence-corrected chi connectivity index (χ4v) is 2.54. The molecule has 1 heterocycles. The van der Waals surface area contributed by atoms with Crippen LogP contribution in [-0.2, 0) is 4.79 Å². The predicted octanol–water partition coefficient (Wildman–Crippen LogP) is 3.08. The number of benzene rings is 2. The van der Waals surface area contributed by atoms with Crippen LogP contribution in [0.2, 0.25) is 0 Å². The second-order valence-corrected chi connectivity index (χ2v) is 6.24. The molecule has 0 aliphatic heterocycles. The van der Waals surface area contributed by atoms with Crippen LogP contribution in [0, 0.1) is 6.92 Å². The molecule has 8 heteroatoms. The number of hydrogen-bond donors (Lipinski definition) is 2. The van der Waals surface area contributed by atoms with Gasteiger partial charge in [0.05, 0.1) is 19.0 Å². The van der Waals surface area contributed by atoms with Crippen LogP contribution in [0.3, 0.4) is 0 Å².